The van der Waals surface area contributed by atoms with Crippen LogP contribution < -0.4 is 21.0 Å². The normalized spacial score (nSPS) is 11.6. The molecule has 11 heteroatoms. The Bertz CT molecular complexity index is 1990. The first-order chi connectivity index (χ1) is 24.0. The second kappa shape index (κ2) is 16.2. The third-order valence-corrected chi connectivity index (χ3v) is 9.10. The molecule has 0 fully saturated rings. The highest BCUT2D eigenvalue weighted by Gasteiger charge is 2.23. The van der Waals surface area contributed by atoms with Crippen LogP contribution in [0, 0.1) is 0 Å². The summed E-state index contributed by atoms with van der Waals surface area (Å²) in [6.45, 7) is 4.83. The van der Waals surface area contributed by atoms with Gasteiger partial charge in [0.2, 0.25) is 0 Å². The van der Waals surface area contributed by atoms with Crippen molar-refractivity contribution < 1.29 is 28.7 Å². The fraction of sp³-hybridized carbons (Fsp3) is 0.308. The minimum absolute atomic E-state index is 0.0324. The summed E-state index contributed by atoms with van der Waals surface area (Å²) >= 11 is 5.85. The zero-order valence-corrected chi connectivity index (χ0v) is 29.4. The number of rotatable bonds is 16. The van der Waals surface area contributed by atoms with E-state index in [4.69, 9.17) is 16.0 Å². The van der Waals surface area contributed by atoms with Gasteiger partial charge in [-0.1, -0.05) is 18.2 Å². The zero-order chi connectivity index (χ0) is 35.8. The van der Waals surface area contributed by atoms with Gasteiger partial charge in [-0.2, -0.15) is 0 Å². The molecule has 4 N–H and O–H groups in total. The van der Waals surface area contributed by atoms with Crippen LogP contribution in [0.15, 0.2) is 88.1 Å². The number of carboxylic acids is 1. The van der Waals surface area contributed by atoms with E-state index in [0.29, 0.717) is 40.1 Å². The van der Waals surface area contributed by atoms with Gasteiger partial charge < -0.3 is 34.6 Å². The fourth-order valence-corrected chi connectivity index (χ4v) is 6.40. The molecule has 0 atom stereocenters. The van der Waals surface area contributed by atoms with Gasteiger partial charge >= 0.3 is 5.97 Å². The molecule has 0 aromatic heterocycles. The van der Waals surface area contributed by atoms with Crippen molar-refractivity contribution in [2.45, 2.75) is 19.4 Å². The molecule has 1 amide bonds. The van der Waals surface area contributed by atoms with Gasteiger partial charge in [-0.3, -0.25) is 9.59 Å². The first-order valence-corrected chi connectivity index (χ1v) is 17.2. The van der Waals surface area contributed by atoms with Crippen molar-refractivity contribution in [3.8, 4) is 28.2 Å². The summed E-state index contributed by atoms with van der Waals surface area (Å²) in [7, 11) is 6.40. The molecule has 3 aromatic carbocycles. The molecule has 50 heavy (non-hydrogen) atoms. The lowest BCUT2D eigenvalue weighted by atomic mass is 9.90. The van der Waals surface area contributed by atoms with Gasteiger partial charge in [0.15, 0.2) is 5.43 Å². The summed E-state index contributed by atoms with van der Waals surface area (Å²) in [5, 5.41) is 27.3. The molecule has 5 rings (SSSR count). The number of hydrogen-bond acceptors (Lipinski definition) is 7. The summed E-state index contributed by atoms with van der Waals surface area (Å²) in [6, 6.07) is 21.9. The second-order valence-corrected chi connectivity index (χ2v) is 13.6. The zero-order valence-electron chi connectivity index (χ0n) is 28.7. The maximum Gasteiger partial charge on any atom is 0.336 e. The molecule has 0 saturated heterocycles. The molecule has 0 radical (unpaired) electrons. The third kappa shape index (κ3) is 9.01. The maximum atomic E-state index is 13.1. The van der Waals surface area contributed by atoms with Gasteiger partial charge in [-0.05, 0) is 59.7 Å². The number of carboxylic acid groups (broad SMARTS) is 1. The third-order valence-electron chi connectivity index (χ3n) is 8.93. The topological polar surface area (TPSA) is 132 Å². The van der Waals surface area contributed by atoms with Crippen molar-refractivity contribution in [3.05, 3.63) is 106 Å². The van der Waals surface area contributed by atoms with Gasteiger partial charge in [0.25, 0.3) is 5.91 Å². The standard InChI is InChI=1S/C39H43ClN4O6/c1-43(19-16-40)28-9-6-26(7-10-28)25-41-17-4-20-44(2,3)21-5-18-42-38(47)27-8-13-31(34(22-27)39(48)49)37-32-14-11-29(45)23-35(32)50-36-24-30(46)12-15-33(36)37/h6-15,22-24,41H,4-5,16-21,25H2,1-3H3,(H2-,42,45,46,47,48,49)/p+1. The number of alkyl halides is 1. The monoisotopic (exact) mass is 699 g/mol. The van der Waals surface area contributed by atoms with Crippen molar-refractivity contribution in [3.63, 3.8) is 0 Å². The van der Waals surface area contributed by atoms with Gasteiger partial charge in [0, 0.05) is 91.8 Å². The molecule has 262 valence electrons. The molecule has 0 bridgehead atoms. The number of nitrogens with zero attached hydrogens (tertiary/aromatic N) is 2. The Labute approximate surface area is 296 Å². The first-order valence-electron chi connectivity index (χ1n) is 16.7. The highest BCUT2D eigenvalue weighted by Crippen LogP contribution is 2.42. The van der Waals surface area contributed by atoms with E-state index in [2.05, 4.69) is 53.9 Å². The Morgan fingerprint density at radius 2 is 1.62 bits per heavy atom. The molecule has 3 aromatic rings. The number of aromatic hydroxyl groups is 1. The number of quaternary nitrogens is 1. The average Bonchev–Trinajstić information content (AvgIpc) is 3.08. The number of anilines is 1. The van der Waals surface area contributed by atoms with E-state index in [1.807, 2.05) is 7.05 Å². The van der Waals surface area contributed by atoms with Crippen LogP contribution in [0.2, 0.25) is 0 Å². The van der Waals surface area contributed by atoms with Crippen LogP contribution in [0.5, 0.6) is 5.75 Å². The highest BCUT2D eigenvalue weighted by molar-refractivity contribution is 6.18. The minimum Gasteiger partial charge on any atom is -0.508 e. The molecule has 1 heterocycles. The molecular weight excluding hydrogens is 656 g/mol. The Morgan fingerprint density at radius 3 is 2.34 bits per heavy atom. The van der Waals surface area contributed by atoms with Crippen LogP contribution in [0.25, 0.3) is 33.4 Å². The van der Waals surface area contributed by atoms with E-state index in [-0.39, 0.29) is 34.0 Å². The van der Waals surface area contributed by atoms with Crippen molar-refractivity contribution in [1.29, 1.82) is 0 Å². The summed E-state index contributed by atoms with van der Waals surface area (Å²) in [4.78, 5) is 39.9. The first kappa shape index (κ1) is 36.4. The molecule has 2 aliphatic rings. The molecule has 0 unspecified atom stereocenters. The Morgan fingerprint density at radius 1 is 0.900 bits per heavy atom. The highest BCUT2D eigenvalue weighted by atomic mass is 35.5. The lowest BCUT2D eigenvalue weighted by molar-refractivity contribution is -0.890. The van der Waals surface area contributed by atoms with Crippen LogP contribution in [0.4, 0.5) is 5.69 Å². The van der Waals surface area contributed by atoms with E-state index in [1.54, 1.807) is 24.3 Å². The number of amides is 1. The molecule has 1 aliphatic carbocycles. The minimum atomic E-state index is -1.20. The predicted molar refractivity (Wildman–Crippen MR) is 199 cm³/mol. The average molecular weight is 700 g/mol. The van der Waals surface area contributed by atoms with Crippen molar-refractivity contribution in [1.82, 2.24) is 10.6 Å². The van der Waals surface area contributed by atoms with Crippen LogP contribution in [-0.2, 0) is 6.54 Å². The van der Waals surface area contributed by atoms with Crippen molar-refractivity contribution >= 4 is 40.1 Å². The lowest BCUT2D eigenvalue weighted by Crippen LogP contribution is -2.43. The smallest absolute Gasteiger partial charge is 0.336 e. The summed E-state index contributed by atoms with van der Waals surface area (Å²) in [5.41, 5.74) is 4.01. The molecule has 1 aliphatic heterocycles. The lowest BCUT2D eigenvalue weighted by Gasteiger charge is -2.30. The number of nitrogens with one attached hydrogen (secondary N) is 2. The number of carbonyl (C=O) groups is 2. The Kier molecular flexibility index (Phi) is 11.8. The molecular formula is C39H44ClN4O6+. The predicted octanol–water partition coefficient (Wildman–Crippen LogP) is 6.02. The van der Waals surface area contributed by atoms with E-state index in [0.717, 1.165) is 55.7 Å². The Balaban J connectivity index is 1.15. The van der Waals surface area contributed by atoms with E-state index < -0.39 is 5.97 Å². The van der Waals surface area contributed by atoms with Crippen LogP contribution in [0.3, 0.4) is 0 Å². The molecule has 10 nitrogen and oxygen atoms in total. The number of phenols is 1. The largest absolute Gasteiger partial charge is 0.508 e. The number of hydrogen-bond donors (Lipinski definition) is 4. The SMILES string of the molecule is CN(CCCl)c1ccc(CNCCC[N+](C)(C)CCCNC(=O)c2ccc(-c3c4ccc(=O)cc-4oc4cc(O)ccc34)c(C(=O)O)c2)cc1. The Hall–Kier alpha value is -4.90. The van der Waals surface area contributed by atoms with Crippen molar-refractivity contribution in [2.24, 2.45) is 0 Å². The van der Waals surface area contributed by atoms with E-state index in [1.165, 1.54) is 35.9 Å². The van der Waals surface area contributed by atoms with Gasteiger partial charge in [0.05, 0.1) is 32.7 Å². The van der Waals surface area contributed by atoms with E-state index >= 15 is 0 Å². The van der Waals surface area contributed by atoms with Gasteiger partial charge in [0.1, 0.15) is 17.1 Å². The summed E-state index contributed by atoms with van der Waals surface area (Å²) in [6.07, 6.45) is 1.78. The van der Waals surface area contributed by atoms with Crippen LogP contribution in [-0.4, -0.2) is 86.3 Å². The van der Waals surface area contributed by atoms with Crippen LogP contribution >= 0.6 is 11.6 Å². The summed E-state index contributed by atoms with van der Waals surface area (Å²) in [5.74, 6) is -0.734. The molecule has 0 spiro atoms. The number of fused-ring (bicyclic) bond motifs is 2. The number of carbonyl (C=O) groups excluding carboxylic acids is 1. The number of benzene rings is 4. The summed E-state index contributed by atoms with van der Waals surface area (Å²) < 4.78 is 6.71. The van der Waals surface area contributed by atoms with E-state index in [9.17, 15) is 24.6 Å². The second-order valence-electron chi connectivity index (χ2n) is 13.2. The quantitative estimate of drug-likeness (QED) is 0.0426. The number of halogens is 1. The maximum absolute atomic E-state index is 13.1. The van der Waals surface area contributed by atoms with Gasteiger partial charge in [-0.15, -0.1) is 11.6 Å². The fourth-order valence-electron chi connectivity index (χ4n) is 6.14. The van der Waals surface area contributed by atoms with Gasteiger partial charge in [-0.25, -0.2) is 4.79 Å². The number of aromatic carboxylic acids is 1. The van der Waals surface area contributed by atoms with Crippen molar-refractivity contribution in [2.75, 3.05) is 64.6 Å². The van der Waals surface area contributed by atoms with Crippen LogP contribution in [0.1, 0.15) is 39.1 Å². The molecule has 0 saturated carbocycles. The number of phenolic OH excluding ortho intramolecular Hbond substituents is 1.